The summed E-state index contributed by atoms with van der Waals surface area (Å²) >= 11 is 0. The van der Waals surface area contributed by atoms with Gasteiger partial charge in [-0.15, -0.1) is 0 Å². The predicted octanol–water partition coefficient (Wildman–Crippen LogP) is 0.798. The first kappa shape index (κ1) is 17.7. The first-order chi connectivity index (χ1) is 9.59. The Kier molecular flexibility index (Phi) is 5.58. The molecule has 0 aliphatic carbocycles. The third-order valence-corrected chi connectivity index (χ3v) is 3.58. The van der Waals surface area contributed by atoms with Gasteiger partial charge in [0, 0.05) is 19.6 Å². The Bertz CT molecular complexity index is 393. The van der Waals surface area contributed by atoms with Gasteiger partial charge in [-0.2, -0.15) is 0 Å². The molecule has 21 heavy (non-hydrogen) atoms. The first-order valence-electron chi connectivity index (χ1n) is 7.19. The van der Waals surface area contributed by atoms with E-state index < -0.39 is 29.2 Å². The number of carboxylic acid groups (broad SMARTS) is 1. The summed E-state index contributed by atoms with van der Waals surface area (Å²) in [4.78, 5) is 25.2. The van der Waals surface area contributed by atoms with Crippen molar-refractivity contribution in [2.24, 2.45) is 11.1 Å². The number of nitrogens with zero attached hydrogens (tertiary/aromatic N) is 1. The van der Waals surface area contributed by atoms with Gasteiger partial charge in [-0.3, -0.25) is 4.79 Å². The highest BCUT2D eigenvalue weighted by atomic mass is 16.6. The average molecular weight is 302 g/mol. The number of carboxylic acids is 1. The monoisotopic (exact) mass is 302 g/mol. The maximum Gasteiger partial charge on any atom is 0.410 e. The van der Waals surface area contributed by atoms with Crippen LogP contribution in [0.5, 0.6) is 0 Å². The van der Waals surface area contributed by atoms with Crippen LogP contribution in [0.15, 0.2) is 0 Å². The second-order valence-electron chi connectivity index (χ2n) is 6.68. The van der Waals surface area contributed by atoms with Crippen molar-refractivity contribution in [1.29, 1.82) is 0 Å². The fourth-order valence-electron chi connectivity index (χ4n) is 2.58. The number of aliphatic hydroxyl groups excluding tert-OH is 1. The van der Waals surface area contributed by atoms with Crippen molar-refractivity contribution in [1.82, 2.24) is 4.90 Å². The number of amides is 1. The Labute approximate surface area is 125 Å². The summed E-state index contributed by atoms with van der Waals surface area (Å²) in [6, 6.07) is 0. The highest BCUT2D eigenvalue weighted by Crippen LogP contribution is 2.35. The standard InChI is InChI=1S/C14H26N2O5/c1-13(2,3)21-12(20)16-6-4-5-14(9-16,11(18)19)7-10(17)8-15/h10,17H,4-9,15H2,1-3H3,(H,18,19)/t10-,14-/m0/s1. The Morgan fingerprint density at radius 3 is 2.52 bits per heavy atom. The SMILES string of the molecule is CC(C)(C)OC(=O)N1CCC[C@@](C[C@H](O)CN)(C(=O)O)C1. The van der Waals surface area contributed by atoms with Gasteiger partial charge in [0.05, 0.1) is 11.5 Å². The quantitative estimate of drug-likeness (QED) is 0.708. The molecule has 0 radical (unpaired) electrons. The molecule has 1 aliphatic rings. The lowest BCUT2D eigenvalue weighted by molar-refractivity contribution is -0.154. The van der Waals surface area contributed by atoms with E-state index in [1.54, 1.807) is 20.8 Å². The topological polar surface area (TPSA) is 113 Å². The molecule has 0 spiro atoms. The third-order valence-electron chi connectivity index (χ3n) is 3.58. The highest BCUT2D eigenvalue weighted by Gasteiger charge is 2.45. The molecule has 0 aromatic rings. The van der Waals surface area contributed by atoms with Crippen LogP contribution in [0.2, 0.25) is 0 Å². The van der Waals surface area contributed by atoms with Crippen molar-refractivity contribution in [3.05, 3.63) is 0 Å². The van der Waals surface area contributed by atoms with Crippen LogP contribution in [0.25, 0.3) is 0 Å². The Hall–Kier alpha value is -1.34. The van der Waals surface area contributed by atoms with E-state index in [1.807, 2.05) is 0 Å². The summed E-state index contributed by atoms with van der Waals surface area (Å²) in [5, 5.41) is 19.2. The number of aliphatic hydroxyl groups is 1. The lowest BCUT2D eigenvalue weighted by atomic mass is 9.75. The fraction of sp³-hybridized carbons (Fsp3) is 0.857. The van der Waals surface area contributed by atoms with Crippen LogP contribution < -0.4 is 5.73 Å². The van der Waals surface area contributed by atoms with Crippen LogP contribution in [0.4, 0.5) is 4.79 Å². The van der Waals surface area contributed by atoms with Crippen LogP contribution in [0.1, 0.15) is 40.0 Å². The maximum atomic E-state index is 12.1. The molecule has 4 N–H and O–H groups in total. The van der Waals surface area contributed by atoms with E-state index in [4.69, 9.17) is 10.5 Å². The lowest BCUT2D eigenvalue weighted by Gasteiger charge is -2.41. The van der Waals surface area contributed by atoms with Crippen LogP contribution in [-0.4, -0.2) is 58.5 Å². The van der Waals surface area contributed by atoms with Crippen molar-refractivity contribution in [2.75, 3.05) is 19.6 Å². The van der Waals surface area contributed by atoms with Crippen molar-refractivity contribution in [2.45, 2.75) is 51.7 Å². The van der Waals surface area contributed by atoms with Crippen LogP contribution in [0, 0.1) is 5.41 Å². The number of hydrogen-bond donors (Lipinski definition) is 3. The molecule has 0 unspecified atom stereocenters. The minimum atomic E-state index is -1.16. The fourth-order valence-corrected chi connectivity index (χ4v) is 2.58. The van der Waals surface area contributed by atoms with E-state index >= 15 is 0 Å². The van der Waals surface area contributed by atoms with E-state index in [1.165, 1.54) is 4.90 Å². The summed E-state index contributed by atoms with van der Waals surface area (Å²) in [7, 11) is 0. The van der Waals surface area contributed by atoms with E-state index in [9.17, 15) is 19.8 Å². The Morgan fingerprint density at radius 2 is 2.05 bits per heavy atom. The Morgan fingerprint density at radius 1 is 1.43 bits per heavy atom. The smallest absolute Gasteiger partial charge is 0.410 e. The minimum Gasteiger partial charge on any atom is -0.481 e. The average Bonchev–Trinajstić information content (AvgIpc) is 2.36. The molecule has 1 rings (SSSR count). The van der Waals surface area contributed by atoms with Gasteiger partial charge in [-0.1, -0.05) is 0 Å². The molecule has 0 saturated carbocycles. The molecule has 2 atom stereocenters. The summed E-state index contributed by atoms with van der Waals surface area (Å²) < 4.78 is 5.29. The molecule has 122 valence electrons. The zero-order valence-corrected chi connectivity index (χ0v) is 13.0. The molecule has 0 aromatic heterocycles. The normalized spacial score (nSPS) is 24.5. The number of piperidine rings is 1. The molecule has 1 amide bonds. The van der Waals surface area contributed by atoms with Crippen molar-refractivity contribution in [3.8, 4) is 0 Å². The molecular weight excluding hydrogens is 276 g/mol. The summed E-state index contributed by atoms with van der Waals surface area (Å²) in [6.07, 6.45) is -0.394. The molecule has 1 heterocycles. The lowest BCUT2D eigenvalue weighted by Crippen LogP contribution is -2.52. The predicted molar refractivity (Wildman–Crippen MR) is 76.8 cm³/mol. The van der Waals surface area contributed by atoms with Crippen molar-refractivity contribution >= 4 is 12.1 Å². The molecule has 0 aromatic carbocycles. The van der Waals surface area contributed by atoms with Gasteiger partial charge >= 0.3 is 12.1 Å². The third kappa shape index (κ3) is 4.86. The number of ether oxygens (including phenoxy) is 1. The van der Waals surface area contributed by atoms with Crippen LogP contribution >= 0.6 is 0 Å². The molecule has 7 nitrogen and oxygen atoms in total. The van der Waals surface area contributed by atoms with Gasteiger partial charge in [-0.05, 0) is 40.0 Å². The van der Waals surface area contributed by atoms with Gasteiger partial charge in [0.25, 0.3) is 0 Å². The number of hydrogen-bond acceptors (Lipinski definition) is 5. The summed E-state index contributed by atoms with van der Waals surface area (Å²) in [6.45, 7) is 5.78. The largest absolute Gasteiger partial charge is 0.481 e. The molecule has 7 heteroatoms. The molecule has 0 bridgehead atoms. The van der Waals surface area contributed by atoms with Gasteiger partial charge < -0.3 is 25.6 Å². The highest BCUT2D eigenvalue weighted by molar-refractivity contribution is 5.77. The number of nitrogens with two attached hydrogens (primary N) is 1. The van der Waals surface area contributed by atoms with Crippen LogP contribution in [-0.2, 0) is 9.53 Å². The number of likely N-dealkylation sites (tertiary alicyclic amines) is 1. The summed E-state index contributed by atoms with van der Waals surface area (Å²) in [5.74, 6) is -1.01. The van der Waals surface area contributed by atoms with Crippen molar-refractivity contribution < 1.29 is 24.5 Å². The minimum absolute atomic E-state index is 0.00146. The van der Waals surface area contributed by atoms with Crippen molar-refractivity contribution in [3.63, 3.8) is 0 Å². The van der Waals surface area contributed by atoms with E-state index in [-0.39, 0.29) is 19.5 Å². The molecular formula is C14H26N2O5. The summed E-state index contributed by atoms with van der Waals surface area (Å²) in [5.41, 5.74) is 3.59. The molecule has 1 saturated heterocycles. The second-order valence-corrected chi connectivity index (χ2v) is 6.68. The molecule has 1 fully saturated rings. The van der Waals surface area contributed by atoms with Gasteiger partial charge in [0.15, 0.2) is 0 Å². The van der Waals surface area contributed by atoms with E-state index in [2.05, 4.69) is 0 Å². The zero-order valence-electron chi connectivity index (χ0n) is 13.0. The zero-order chi connectivity index (χ0) is 16.3. The second kappa shape index (κ2) is 6.62. The van der Waals surface area contributed by atoms with Gasteiger partial charge in [0.2, 0.25) is 0 Å². The number of rotatable bonds is 4. The maximum absolute atomic E-state index is 12.1. The van der Waals surface area contributed by atoms with Gasteiger partial charge in [0.1, 0.15) is 5.60 Å². The van der Waals surface area contributed by atoms with Gasteiger partial charge in [-0.25, -0.2) is 4.79 Å². The first-order valence-corrected chi connectivity index (χ1v) is 7.19. The number of aliphatic carboxylic acids is 1. The van der Waals surface area contributed by atoms with E-state index in [0.29, 0.717) is 19.4 Å². The molecule has 1 aliphatic heterocycles. The van der Waals surface area contributed by atoms with Crippen LogP contribution in [0.3, 0.4) is 0 Å². The number of carbonyl (C=O) groups is 2. The number of carbonyl (C=O) groups excluding carboxylic acids is 1. The Balaban J connectivity index is 2.84. The van der Waals surface area contributed by atoms with E-state index in [0.717, 1.165) is 0 Å².